The van der Waals surface area contributed by atoms with Crippen molar-refractivity contribution in [3.8, 4) is 0 Å². The van der Waals surface area contributed by atoms with Gasteiger partial charge in [0.25, 0.3) is 0 Å². The lowest BCUT2D eigenvalue weighted by atomic mass is 9.81. The van der Waals surface area contributed by atoms with Crippen LogP contribution in [0.2, 0.25) is 0 Å². The number of rotatable bonds is 8. The maximum Gasteiger partial charge on any atom is 0.223 e. The van der Waals surface area contributed by atoms with Crippen molar-refractivity contribution in [1.29, 1.82) is 0 Å². The standard InChI is InChI=1S/C15H29NO3S/c1-3-7-14(12-13-8-5-4-6-9-13)15(17)16-10-11-20(2,18)19/h13-14H,3-12H2,1-2H3,(H,16,17)/t14-/m0/s1. The number of amides is 1. The van der Waals surface area contributed by atoms with Crippen LogP contribution in [0.5, 0.6) is 0 Å². The van der Waals surface area contributed by atoms with E-state index < -0.39 is 9.84 Å². The molecule has 1 saturated carbocycles. The van der Waals surface area contributed by atoms with Gasteiger partial charge in [-0.2, -0.15) is 0 Å². The summed E-state index contributed by atoms with van der Waals surface area (Å²) in [7, 11) is -3.00. The monoisotopic (exact) mass is 303 g/mol. The molecule has 1 N–H and O–H groups in total. The van der Waals surface area contributed by atoms with Crippen LogP contribution in [0.25, 0.3) is 0 Å². The molecule has 0 radical (unpaired) electrons. The summed E-state index contributed by atoms with van der Waals surface area (Å²) < 4.78 is 22.1. The second-order valence-electron chi connectivity index (χ2n) is 6.15. The number of sulfone groups is 1. The molecule has 20 heavy (non-hydrogen) atoms. The van der Waals surface area contributed by atoms with E-state index in [1.54, 1.807) is 0 Å². The molecule has 1 aliphatic carbocycles. The summed E-state index contributed by atoms with van der Waals surface area (Å²) in [5, 5.41) is 2.80. The van der Waals surface area contributed by atoms with Gasteiger partial charge in [-0.25, -0.2) is 8.42 Å². The molecule has 5 heteroatoms. The Balaban J connectivity index is 2.40. The molecule has 1 atom stereocenters. The predicted octanol–water partition coefficient (Wildman–Crippen LogP) is 2.53. The third-order valence-electron chi connectivity index (χ3n) is 4.12. The van der Waals surface area contributed by atoms with E-state index in [1.165, 1.54) is 38.4 Å². The van der Waals surface area contributed by atoms with Crippen LogP contribution in [0.4, 0.5) is 0 Å². The summed E-state index contributed by atoms with van der Waals surface area (Å²) in [6.07, 6.45) is 10.5. The van der Waals surface area contributed by atoms with Gasteiger partial charge in [-0.3, -0.25) is 4.79 Å². The lowest BCUT2D eigenvalue weighted by Crippen LogP contribution is -2.35. The zero-order valence-electron chi connectivity index (χ0n) is 12.9. The average molecular weight is 303 g/mol. The van der Waals surface area contributed by atoms with Gasteiger partial charge >= 0.3 is 0 Å². The van der Waals surface area contributed by atoms with Gasteiger partial charge in [0.2, 0.25) is 5.91 Å². The van der Waals surface area contributed by atoms with Crippen LogP contribution in [0.15, 0.2) is 0 Å². The lowest BCUT2D eigenvalue weighted by Gasteiger charge is -2.26. The van der Waals surface area contributed by atoms with Crippen LogP contribution in [0.3, 0.4) is 0 Å². The summed E-state index contributed by atoms with van der Waals surface area (Å²) in [6, 6.07) is 0. The van der Waals surface area contributed by atoms with E-state index in [1.807, 2.05) is 0 Å². The molecule has 0 unspecified atom stereocenters. The van der Waals surface area contributed by atoms with Gasteiger partial charge in [-0.15, -0.1) is 0 Å². The molecule has 0 aromatic heterocycles. The molecule has 1 rings (SSSR count). The van der Waals surface area contributed by atoms with E-state index in [0.29, 0.717) is 5.92 Å². The van der Waals surface area contributed by atoms with Crippen molar-refractivity contribution in [2.24, 2.45) is 11.8 Å². The van der Waals surface area contributed by atoms with Crippen molar-refractivity contribution < 1.29 is 13.2 Å². The topological polar surface area (TPSA) is 63.2 Å². The zero-order valence-corrected chi connectivity index (χ0v) is 13.7. The van der Waals surface area contributed by atoms with Crippen molar-refractivity contribution >= 4 is 15.7 Å². The molecule has 0 heterocycles. The van der Waals surface area contributed by atoms with Crippen molar-refractivity contribution in [3.05, 3.63) is 0 Å². The highest BCUT2D eigenvalue weighted by Crippen LogP contribution is 2.30. The fourth-order valence-corrected chi connectivity index (χ4v) is 3.51. The summed E-state index contributed by atoms with van der Waals surface area (Å²) in [6.45, 7) is 2.33. The van der Waals surface area contributed by atoms with E-state index >= 15 is 0 Å². The molecule has 4 nitrogen and oxygen atoms in total. The van der Waals surface area contributed by atoms with Gasteiger partial charge in [0, 0.05) is 18.7 Å². The fraction of sp³-hybridized carbons (Fsp3) is 0.933. The predicted molar refractivity (Wildman–Crippen MR) is 82.3 cm³/mol. The Morgan fingerprint density at radius 2 is 1.90 bits per heavy atom. The smallest absolute Gasteiger partial charge is 0.223 e. The summed E-state index contributed by atoms with van der Waals surface area (Å²) >= 11 is 0. The molecule has 1 fully saturated rings. The number of hydrogen-bond acceptors (Lipinski definition) is 3. The molecular formula is C15H29NO3S. The first-order valence-electron chi connectivity index (χ1n) is 7.87. The number of carbonyl (C=O) groups is 1. The molecule has 0 saturated heterocycles. The van der Waals surface area contributed by atoms with Crippen LogP contribution < -0.4 is 5.32 Å². The number of carbonyl (C=O) groups excluding carboxylic acids is 1. The Kier molecular flexibility index (Phi) is 7.56. The highest BCUT2D eigenvalue weighted by molar-refractivity contribution is 7.90. The molecular weight excluding hydrogens is 274 g/mol. The van der Waals surface area contributed by atoms with E-state index in [4.69, 9.17) is 0 Å². The number of nitrogens with one attached hydrogen (secondary N) is 1. The SMILES string of the molecule is CCC[C@@H](CC1CCCCC1)C(=O)NCCS(C)(=O)=O. The Bertz CT molecular complexity index is 386. The normalized spacial score (nSPS) is 18.7. The fourth-order valence-electron chi connectivity index (χ4n) is 3.03. The molecule has 0 aliphatic heterocycles. The van der Waals surface area contributed by atoms with E-state index in [9.17, 15) is 13.2 Å². The van der Waals surface area contributed by atoms with Crippen molar-refractivity contribution in [3.63, 3.8) is 0 Å². The van der Waals surface area contributed by atoms with Crippen LogP contribution in [-0.4, -0.2) is 32.9 Å². The Hall–Kier alpha value is -0.580. The summed E-state index contributed by atoms with van der Waals surface area (Å²) in [5.41, 5.74) is 0. The first-order valence-corrected chi connectivity index (χ1v) is 9.94. The van der Waals surface area contributed by atoms with Gasteiger partial charge < -0.3 is 5.32 Å². The third kappa shape index (κ3) is 7.27. The molecule has 0 aromatic rings. The van der Waals surface area contributed by atoms with Crippen molar-refractivity contribution in [1.82, 2.24) is 5.32 Å². The minimum atomic E-state index is -3.00. The van der Waals surface area contributed by atoms with E-state index in [-0.39, 0.29) is 24.1 Å². The highest BCUT2D eigenvalue weighted by atomic mass is 32.2. The largest absolute Gasteiger partial charge is 0.355 e. The first kappa shape index (κ1) is 17.5. The minimum Gasteiger partial charge on any atom is -0.355 e. The van der Waals surface area contributed by atoms with Gasteiger partial charge in [-0.05, 0) is 18.8 Å². The Labute approximate surface area is 123 Å². The third-order valence-corrected chi connectivity index (χ3v) is 5.07. The van der Waals surface area contributed by atoms with Gasteiger partial charge in [-0.1, -0.05) is 45.4 Å². The first-order chi connectivity index (χ1) is 9.42. The number of hydrogen-bond donors (Lipinski definition) is 1. The summed E-state index contributed by atoms with van der Waals surface area (Å²) in [5.74, 6) is 0.811. The molecule has 118 valence electrons. The second kappa shape index (κ2) is 8.65. The van der Waals surface area contributed by atoms with Crippen LogP contribution >= 0.6 is 0 Å². The lowest BCUT2D eigenvalue weighted by molar-refractivity contribution is -0.125. The maximum atomic E-state index is 12.2. The molecule has 0 bridgehead atoms. The average Bonchev–Trinajstić information content (AvgIpc) is 2.38. The van der Waals surface area contributed by atoms with Gasteiger partial charge in [0.1, 0.15) is 9.84 Å². The highest BCUT2D eigenvalue weighted by Gasteiger charge is 2.23. The van der Waals surface area contributed by atoms with Gasteiger partial charge in [0.15, 0.2) is 0 Å². The summed E-state index contributed by atoms with van der Waals surface area (Å²) in [4.78, 5) is 12.2. The zero-order chi connectivity index (χ0) is 15.0. The van der Waals surface area contributed by atoms with Crippen molar-refractivity contribution in [2.75, 3.05) is 18.6 Å². The van der Waals surface area contributed by atoms with Crippen LogP contribution in [0.1, 0.15) is 58.3 Å². The Morgan fingerprint density at radius 3 is 2.45 bits per heavy atom. The molecule has 1 aliphatic rings. The van der Waals surface area contributed by atoms with E-state index in [0.717, 1.165) is 19.3 Å². The van der Waals surface area contributed by atoms with Gasteiger partial charge in [0.05, 0.1) is 5.75 Å². The molecule has 0 aromatic carbocycles. The molecule has 1 amide bonds. The second-order valence-corrected chi connectivity index (χ2v) is 8.41. The van der Waals surface area contributed by atoms with Crippen molar-refractivity contribution in [2.45, 2.75) is 58.3 Å². The van der Waals surface area contributed by atoms with Crippen LogP contribution in [0, 0.1) is 11.8 Å². The maximum absolute atomic E-state index is 12.2. The quantitative estimate of drug-likeness (QED) is 0.749. The Morgan fingerprint density at radius 1 is 1.25 bits per heavy atom. The minimum absolute atomic E-state index is 0.0288. The molecule has 0 spiro atoms. The van der Waals surface area contributed by atoms with Crippen LogP contribution in [-0.2, 0) is 14.6 Å². The van der Waals surface area contributed by atoms with E-state index in [2.05, 4.69) is 12.2 Å².